The molecule has 4 nitrogen and oxygen atoms in total. The number of para-hydroxylation sites is 1. The number of ether oxygens (including phenoxy) is 1. The SMILES string of the molecule is CC1CNCCN1C1c2ccccc2OCc2ncccc21. The molecule has 2 aromatic rings. The first-order valence-electron chi connectivity index (χ1n) is 7.96. The first-order valence-corrected chi connectivity index (χ1v) is 7.96. The molecule has 2 aliphatic rings. The van der Waals surface area contributed by atoms with Crippen LogP contribution in [0.25, 0.3) is 0 Å². The van der Waals surface area contributed by atoms with E-state index in [1.807, 2.05) is 18.3 Å². The van der Waals surface area contributed by atoms with Gasteiger partial charge in [0, 0.05) is 37.4 Å². The standard InChI is InChI=1S/C18H21N3O/c1-13-11-19-9-10-21(13)18-14-6-4-8-20-16(14)12-22-17-7-3-2-5-15(17)18/h2-8,13,18-19H,9-12H2,1H3. The van der Waals surface area contributed by atoms with Crippen LogP contribution >= 0.6 is 0 Å². The van der Waals surface area contributed by atoms with Crippen LogP contribution in [0, 0.1) is 0 Å². The average Bonchev–Trinajstić information content (AvgIpc) is 2.73. The minimum atomic E-state index is 0.222. The second-order valence-electron chi connectivity index (χ2n) is 6.06. The predicted octanol–water partition coefficient (Wildman–Crippen LogP) is 2.36. The number of hydrogen-bond acceptors (Lipinski definition) is 4. The minimum absolute atomic E-state index is 0.222. The van der Waals surface area contributed by atoms with Gasteiger partial charge in [0.25, 0.3) is 0 Å². The Morgan fingerprint density at radius 3 is 2.95 bits per heavy atom. The van der Waals surface area contributed by atoms with Crippen LogP contribution in [0.2, 0.25) is 0 Å². The van der Waals surface area contributed by atoms with E-state index in [2.05, 4.69) is 46.4 Å². The van der Waals surface area contributed by atoms with Gasteiger partial charge in [-0.2, -0.15) is 0 Å². The Kier molecular flexibility index (Phi) is 3.56. The lowest BCUT2D eigenvalue weighted by Crippen LogP contribution is -2.51. The van der Waals surface area contributed by atoms with Crippen molar-refractivity contribution in [2.75, 3.05) is 19.6 Å². The van der Waals surface area contributed by atoms with Crippen LogP contribution in [0.4, 0.5) is 0 Å². The summed E-state index contributed by atoms with van der Waals surface area (Å²) < 4.78 is 6.03. The zero-order chi connectivity index (χ0) is 14.9. The second kappa shape index (κ2) is 5.71. The summed E-state index contributed by atoms with van der Waals surface area (Å²) in [7, 11) is 0. The van der Waals surface area contributed by atoms with E-state index in [-0.39, 0.29) is 6.04 Å². The number of nitrogens with one attached hydrogen (secondary N) is 1. The Morgan fingerprint density at radius 2 is 2.05 bits per heavy atom. The van der Waals surface area contributed by atoms with Gasteiger partial charge in [-0.15, -0.1) is 0 Å². The van der Waals surface area contributed by atoms with Gasteiger partial charge in [0.2, 0.25) is 0 Å². The normalized spacial score (nSPS) is 24.8. The lowest BCUT2D eigenvalue weighted by Gasteiger charge is -2.40. The van der Waals surface area contributed by atoms with Crippen molar-refractivity contribution < 1.29 is 4.74 Å². The Morgan fingerprint density at radius 1 is 1.18 bits per heavy atom. The predicted molar refractivity (Wildman–Crippen MR) is 85.9 cm³/mol. The third-order valence-electron chi connectivity index (χ3n) is 4.68. The molecule has 0 amide bonds. The molecular formula is C18H21N3O. The van der Waals surface area contributed by atoms with Crippen LogP contribution in [0.3, 0.4) is 0 Å². The number of benzene rings is 1. The molecule has 1 saturated heterocycles. The number of nitrogens with zero attached hydrogens (tertiary/aromatic N) is 2. The number of piperazine rings is 1. The summed E-state index contributed by atoms with van der Waals surface area (Å²) in [6.07, 6.45) is 1.86. The van der Waals surface area contributed by atoms with Crippen LogP contribution in [0.15, 0.2) is 42.6 Å². The van der Waals surface area contributed by atoms with Crippen molar-refractivity contribution >= 4 is 0 Å². The fourth-order valence-corrected chi connectivity index (χ4v) is 3.57. The van der Waals surface area contributed by atoms with Gasteiger partial charge < -0.3 is 10.1 Å². The Labute approximate surface area is 131 Å². The molecule has 0 spiro atoms. The van der Waals surface area contributed by atoms with Gasteiger partial charge in [0.1, 0.15) is 12.4 Å². The zero-order valence-corrected chi connectivity index (χ0v) is 12.8. The molecular weight excluding hydrogens is 274 g/mol. The summed E-state index contributed by atoms with van der Waals surface area (Å²) in [6.45, 7) is 5.92. The molecule has 0 radical (unpaired) electrons. The van der Waals surface area contributed by atoms with E-state index in [4.69, 9.17) is 4.74 Å². The maximum Gasteiger partial charge on any atom is 0.131 e. The monoisotopic (exact) mass is 295 g/mol. The Hall–Kier alpha value is -1.91. The van der Waals surface area contributed by atoms with Crippen molar-refractivity contribution in [1.29, 1.82) is 0 Å². The van der Waals surface area contributed by atoms with Crippen LogP contribution in [0.5, 0.6) is 5.75 Å². The molecule has 22 heavy (non-hydrogen) atoms. The van der Waals surface area contributed by atoms with E-state index in [0.717, 1.165) is 31.1 Å². The van der Waals surface area contributed by atoms with Gasteiger partial charge in [-0.1, -0.05) is 24.3 Å². The lowest BCUT2D eigenvalue weighted by atomic mass is 9.94. The molecule has 1 aromatic carbocycles. The van der Waals surface area contributed by atoms with Gasteiger partial charge in [0.05, 0.1) is 11.7 Å². The summed E-state index contributed by atoms with van der Waals surface area (Å²) in [6, 6.07) is 13.3. The molecule has 2 unspecified atom stereocenters. The highest BCUT2D eigenvalue weighted by Crippen LogP contribution is 2.39. The van der Waals surface area contributed by atoms with Crippen LogP contribution in [0.1, 0.15) is 29.8 Å². The Bertz CT molecular complexity index is 625. The van der Waals surface area contributed by atoms with Crippen molar-refractivity contribution in [2.24, 2.45) is 0 Å². The molecule has 4 rings (SSSR count). The van der Waals surface area contributed by atoms with E-state index in [0.29, 0.717) is 12.6 Å². The third kappa shape index (κ3) is 2.28. The minimum Gasteiger partial charge on any atom is -0.487 e. The number of hydrogen-bond donors (Lipinski definition) is 1. The molecule has 2 aliphatic heterocycles. The summed E-state index contributed by atoms with van der Waals surface area (Å²) in [5.41, 5.74) is 3.58. The van der Waals surface area contributed by atoms with Crippen molar-refractivity contribution in [3.05, 3.63) is 59.4 Å². The maximum absolute atomic E-state index is 6.03. The van der Waals surface area contributed by atoms with E-state index in [1.165, 1.54) is 11.1 Å². The van der Waals surface area contributed by atoms with E-state index in [9.17, 15) is 0 Å². The number of pyridine rings is 1. The van der Waals surface area contributed by atoms with Crippen LogP contribution in [-0.2, 0) is 6.61 Å². The van der Waals surface area contributed by atoms with Gasteiger partial charge in [-0.25, -0.2) is 0 Å². The van der Waals surface area contributed by atoms with E-state index in [1.54, 1.807) is 0 Å². The van der Waals surface area contributed by atoms with Crippen molar-refractivity contribution in [2.45, 2.75) is 25.6 Å². The molecule has 3 heterocycles. The fourth-order valence-electron chi connectivity index (χ4n) is 3.57. The summed E-state index contributed by atoms with van der Waals surface area (Å²) >= 11 is 0. The molecule has 0 aliphatic carbocycles. The fraction of sp³-hybridized carbons (Fsp3) is 0.389. The number of aromatic nitrogens is 1. The molecule has 0 saturated carbocycles. The van der Waals surface area contributed by atoms with Crippen molar-refractivity contribution in [3.8, 4) is 5.75 Å². The van der Waals surface area contributed by atoms with E-state index < -0.39 is 0 Å². The third-order valence-corrected chi connectivity index (χ3v) is 4.68. The smallest absolute Gasteiger partial charge is 0.131 e. The van der Waals surface area contributed by atoms with Crippen LogP contribution < -0.4 is 10.1 Å². The number of rotatable bonds is 1. The summed E-state index contributed by atoms with van der Waals surface area (Å²) in [4.78, 5) is 7.14. The first-order chi connectivity index (χ1) is 10.8. The first kappa shape index (κ1) is 13.7. The summed E-state index contributed by atoms with van der Waals surface area (Å²) in [5.74, 6) is 0.983. The highest BCUT2D eigenvalue weighted by atomic mass is 16.5. The molecule has 0 bridgehead atoms. The molecule has 2 atom stereocenters. The molecule has 1 N–H and O–H groups in total. The largest absolute Gasteiger partial charge is 0.487 e. The summed E-state index contributed by atoms with van der Waals surface area (Å²) in [5, 5.41) is 3.48. The lowest BCUT2D eigenvalue weighted by molar-refractivity contribution is 0.136. The number of fused-ring (bicyclic) bond motifs is 2. The molecule has 114 valence electrons. The second-order valence-corrected chi connectivity index (χ2v) is 6.06. The highest BCUT2D eigenvalue weighted by Gasteiger charge is 2.33. The van der Waals surface area contributed by atoms with Gasteiger partial charge in [-0.05, 0) is 24.6 Å². The Balaban J connectivity index is 1.87. The average molecular weight is 295 g/mol. The van der Waals surface area contributed by atoms with Crippen LogP contribution in [-0.4, -0.2) is 35.6 Å². The van der Waals surface area contributed by atoms with Crippen molar-refractivity contribution in [1.82, 2.24) is 15.2 Å². The maximum atomic E-state index is 6.03. The molecule has 1 aromatic heterocycles. The molecule has 1 fully saturated rings. The van der Waals surface area contributed by atoms with E-state index >= 15 is 0 Å². The van der Waals surface area contributed by atoms with Gasteiger partial charge in [0.15, 0.2) is 0 Å². The molecule has 4 heteroatoms. The van der Waals surface area contributed by atoms with Crippen molar-refractivity contribution in [3.63, 3.8) is 0 Å². The quantitative estimate of drug-likeness (QED) is 0.876. The van der Waals surface area contributed by atoms with Gasteiger partial charge >= 0.3 is 0 Å². The zero-order valence-electron chi connectivity index (χ0n) is 12.8. The highest BCUT2D eigenvalue weighted by molar-refractivity contribution is 5.45. The topological polar surface area (TPSA) is 37.4 Å². The van der Waals surface area contributed by atoms with Gasteiger partial charge in [-0.3, -0.25) is 9.88 Å².